The molecule has 0 saturated heterocycles. The van der Waals surface area contributed by atoms with Crippen molar-refractivity contribution < 1.29 is 9.59 Å². The van der Waals surface area contributed by atoms with E-state index in [1.807, 2.05) is 42.5 Å². The average Bonchev–Trinajstić information content (AvgIpc) is 3.64. The molecule has 1 fully saturated rings. The molecular formula is C25H28N4O2S. The molecule has 0 bridgehead atoms. The number of hydrogen-bond donors (Lipinski definition) is 2. The van der Waals surface area contributed by atoms with Crippen LogP contribution in [-0.2, 0) is 4.79 Å². The molecule has 1 heterocycles. The monoisotopic (exact) mass is 448 g/mol. The fourth-order valence-corrected chi connectivity index (χ4v) is 4.19. The number of pyridine rings is 1. The van der Waals surface area contributed by atoms with E-state index in [4.69, 9.17) is 0 Å². The molecule has 1 aromatic heterocycles. The lowest BCUT2D eigenvalue weighted by Gasteiger charge is -2.19. The van der Waals surface area contributed by atoms with Crippen molar-refractivity contribution in [1.29, 1.82) is 0 Å². The van der Waals surface area contributed by atoms with Gasteiger partial charge in [-0.3, -0.25) is 9.59 Å². The van der Waals surface area contributed by atoms with Gasteiger partial charge in [-0.15, -0.1) is 0 Å². The van der Waals surface area contributed by atoms with Crippen LogP contribution in [0.5, 0.6) is 0 Å². The molecule has 0 radical (unpaired) electrons. The summed E-state index contributed by atoms with van der Waals surface area (Å²) >= 11 is 1.36. The molecule has 32 heavy (non-hydrogen) atoms. The quantitative estimate of drug-likeness (QED) is 0.364. The molecule has 0 spiro atoms. The molecule has 0 aliphatic heterocycles. The van der Waals surface area contributed by atoms with Gasteiger partial charge in [0.25, 0.3) is 5.91 Å². The highest BCUT2D eigenvalue weighted by Crippen LogP contribution is 2.26. The van der Waals surface area contributed by atoms with Crippen LogP contribution in [0.15, 0.2) is 65.7 Å². The summed E-state index contributed by atoms with van der Waals surface area (Å²) in [5, 5.41) is 7.54. The Morgan fingerprint density at radius 3 is 2.62 bits per heavy atom. The molecule has 7 heteroatoms. The number of anilines is 1. The average molecular weight is 449 g/mol. The Hall–Kier alpha value is -3.06. The second-order valence-corrected chi connectivity index (χ2v) is 9.02. The molecule has 0 atom stereocenters. The van der Waals surface area contributed by atoms with E-state index in [2.05, 4.69) is 39.7 Å². The first-order chi connectivity index (χ1) is 15.6. The zero-order valence-electron chi connectivity index (χ0n) is 18.2. The van der Waals surface area contributed by atoms with Gasteiger partial charge in [0.2, 0.25) is 5.91 Å². The Morgan fingerprint density at radius 1 is 1.09 bits per heavy atom. The van der Waals surface area contributed by atoms with Crippen LogP contribution in [0.3, 0.4) is 0 Å². The lowest BCUT2D eigenvalue weighted by molar-refractivity contribution is -0.118. The van der Waals surface area contributed by atoms with Crippen molar-refractivity contribution in [2.45, 2.75) is 30.3 Å². The van der Waals surface area contributed by atoms with E-state index in [0.717, 1.165) is 36.7 Å². The first-order valence-corrected chi connectivity index (χ1v) is 11.9. The van der Waals surface area contributed by atoms with Crippen molar-refractivity contribution in [3.05, 3.63) is 66.2 Å². The van der Waals surface area contributed by atoms with Gasteiger partial charge in [-0.1, -0.05) is 48.2 Å². The van der Waals surface area contributed by atoms with Gasteiger partial charge in [0, 0.05) is 37.3 Å². The number of fused-ring (bicyclic) bond motifs is 1. The number of para-hydroxylation sites is 2. The summed E-state index contributed by atoms with van der Waals surface area (Å²) in [4.78, 5) is 31.8. The molecule has 1 aliphatic carbocycles. The van der Waals surface area contributed by atoms with Crippen LogP contribution in [0.4, 0.5) is 5.69 Å². The van der Waals surface area contributed by atoms with Gasteiger partial charge in [-0.2, -0.15) is 0 Å². The number of amides is 2. The fourth-order valence-electron chi connectivity index (χ4n) is 3.45. The second-order valence-electron chi connectivity index (χ2n) is 8.02. The smallest absolute Gasteiger partial charge is 0.252 e. The molecule has 0 unspecified atom stereocenters. The van der Waals surface area contributed by atoms with Crippen LogP contribution in [0.1, 0.15) is 29.6 Å². The number of nitrogens with zero attached hydrogens (tertiary/aromatic N) is 2. The number of thioether (sulfide) groups is 1. The number of benzene rings is 2. The predicted molar refractivity (Wildman–Crippen MR) is 130 cm³/mol. The second kappa shape index (κ2) is 10.5. The highest BCUT2D eigenvalue weighted by Gasteiger charge is 2.25. The maximum absolute atomic E-state index is 12.7. The van der Waals surface area contributed by atoms with Crippen LogP contribution >= 0.6 is 11.8 Å². The van der Waals surface area contributed by atoms with Gasteiger partial charge in [-0.25, -0.2) is 4.98 Å². The topological polar surface area (TPSA) is 74.3 Å². The zero-order chi connectivity index (χ0) is 22.3. The van der Waals surface area contributed by atoms with Gasteiger partial charge in [-0.05, 0) is 43.5 Å². The number of carbonyl (C=O) groups excluding carboxylic acids is 2. The minimum absolute atomic E-state index is 0.0312. The van der Waals surface area contributed by atoms with Gasteiger partial charge >= 0.3 is 0 Å². The van der Waals surface area contributed by atoms with E-state index < -0.39 is 0 Å². The minimum atomic E-state index is -0.0695. The predicted octanol–water partition coefficient (Wildman–Crippen LogP) is 3.86. The van der Waals surface area contributed by atoms with Gasteiger partial charge in [0.15, 0.2) is 0 Å². The molecule has 6 nitrogen and oxygen atoms in total. The third-order valence-electron chi connectivity index (χ3n) is 5.39. The highest BCUT2D eigenvalue weighted by molar-refractivity contribution is 7.99. The summed E-state index contributed by atoms with van der Waals surface area (Å²) in [7, 11) is 2.05. The van der Waals surface area contributed by atoms with Crippen molar-refractivity contribution in [2.75, 3.05) is 30.8 Å². The maximum Gasteiger partial charge on any atom is 0.252 e. The number of hydrogen-bond acceptors (Lipinski definition) is 5. The van der Waals surface area contributed by atoms with Crippen LogP contribution in [0, 0.1) is 0 Å². The fraction of sp³-hybridized carbons (Fsp3) is 0.320. The highest BCUT2D eigenvalue weighted by atomic mass is 32.2. The number of carbonyl (C=O) groups is 2. The molecule has 166 valence electrons. The van der Waals surface area contributed by atoms with Gasteiger partial charge in [0.05, 0.1) is 21.9 Å². The van der Waals surface area contributed by atoms with Crippen molar-refractivity contribution in [2.24, 2.45) is 0 Å². The lowest BCUT2D eigenvalue weighted by atomic mass is 10.1. The third kappa shape index (κ3) is 6.01. The molecule has 1 aliphatic rings. The largest absolute Gasteiger partial charge is 0.375 e. The molecule has 2 aromatic carbocycles. The summed E-state index contributed by atoms with van der Waals surface area (Å²) in [5.41, 5.74) is 2.55. The summed E-state index contributed by atoms with van der Waals surface area (Å²) in [6.45, 7) is 1.49. The van der Waals surface area contributed by atoms with E-state index >= 15 is 0 Å². The van der Waals surface area contributed by atoms with Crippen molar-refractivity contribution >= 4 is 40.2 Å². The van der Waals surface area contributed by atoms with E-state index in [1.165, 1.54) is 17.4 Å². The summed E-state index contributed by atoms with van der Waals surface area (Å²) < 4.78 is 0. The molecule has 2 amide bonds. The molecule has 3 aromatic rings. The standard InChI is InChI=1S/C25H28N4O2S/c1-29(19-8-3-2-4-9-19)15-7-14-26-23(30)17-32-24-16-21(25(31)27-18-12-13-18)20-10-5-6-11-22(20)28-24/h2-6,8-11,16,18H,7,12-15,17H2,1H3,(H,26,30)(H,27,31). The van der Waals surface area contributed by atoms with E-state index in [0.29, 0.717) is 17.1 Å². The zero-order valence-corrected chi connectivity index (χ0v) is 19.0. The van der Waals surface area contributed by atoms with Crippen LogP contribution in [-0.4, -0.2) is 48.7 Å². The molecular weight excluding hydrogens is 420 g/mol. The number of aromatic nitrogens is 1. The SMILES string of the molecule is CN(CCCNC(=O)CSc1cc(C(=O)NC2CC2)c2ccccc2n1)c1ccccc1. The van der Waals surface area contributed by atoms with Crippen LogP contribution < -0.4 is 15.5 Å². The number of nitrogens with one attached hydrogen (secondary N) is 2. The first kappa shape index (κ1) is 22.1. The summed E-state index contributed by atoms with van der Waals surface area (Å²) in [6.07, 6.45) is 2.94. The van der Waals surface area contributed by atoms with Crippen LogP contribution in [0.25, 0.3) is 10.9 Å². The van der Waals surface area contributed by atoms with Crippen molar-refractivity contribution in [1.82, 2.24) is 15.6 Å². The Labute approximate surface area is 192 Å². The summed E-state index contributed by atoms with van der Waals surface area (Å²) in [6, 6.07) is 19.9. The number of rotatable bonds is 10. The molecule has 1 saturated carbocycles. The molecule has 4 rings (SSSR count). The first-order valence-electron chi connectivity index (χ1n) is 11.0. The lowest BCUT2D eigenvalue weighted by Crippen LogP contribution is -2.29. The van der Waals surface area contributed by atoms with Crippen LogP contribution in [0.2, 0.25) is 0 Å². The van der Waals surface area contributed by atoms with E-state index in [1.54, 1.807) is 6.07 Å². The van der Waals surface area contributed by atoms with Gasteiger partial charge < -0.3 is 15.5 Å². The Kier molecular flexibility index (Phi) is 7.27. The van der Waals surface area contributed by atoms with E-state index in [-0.39, 0.29) is 23.6 Å². The third-order valence-corrected chi connectivity index (χ3v) is 6.30. The normalized spacial score (nSPS) is 13.0. The Morgan fingerprint density at radius 2 is 1.84 bits per heavy atom. The van der Waals surface area contributed by atoms with Crippen molar-refractivity contribution in [3.63, 3.8) is 0 Å². The Balaban J connectivity index is 1.28. The Bertz CT molecular complexity index is 1090. The van der Waals surface area contributed by atoms with Crippen molar-refractivity contribution in [3.8, 4) is 0 Å². The van der Waals surface area contributed by atoms with Gasteiger partial charge in [0.1, 0.15) is 0 Å². The minimum Gasteiger partial charge on any atom is -0.375 e. The molecule has 2 N–H and O–H groups in total. The summed E-state index contributed by atoms with van der Waals surface area (Å²) in [5.74, 6) is 0.167. The maximum atomic E-state index is 12.7. The van der Waals surface area contributed by atoms with E-state index in [9.17, 15) is 9.59 Å².